The molecule has 0 radical (unpaired) electrons. The second-order valence-corrected chi connectivity index (χ2v) is 45.8. The number of hydrogen-bond donors (Lipinski definition) is 1. The summed E-state index contributed by atoms with van der Waals surface area (Å²) in [4.78, 5) is 55.8. The van der Waals surface area contributed by atoms with E-state index >= 15 is 0 Å². The second kappa shape index (κ2) is 50.6. The third-order valence-corrected chi connectivity index (χ3v) is 34.6. The zero-order valence-electron chi connectivity index (χ0n) is 81.4. The molecule has 0 saturated heterocycles. The van der Waals surface area contributed by atoms with Crippen LogP contribution in [-0.4, -0.2) is 104 Å². The normalized spacial score (nSPS) is 21.2. The Morgan fingerprint density at radius 1 is 0.443 bits per heavy atom. The zero-order valence-corrected chi connectivity index (χ0v) is 84.7. The molecule has 0 heterocycles. The van der Waals surface area contributed by atoms with Crippen LogP contribution in [0.25, 0.3) is 10.8 Å². The van der Waals surface area contributed by atoms with Crippen molar-refractivity contribution in [3.05, 3.63) is 295 Å². The Morgan fingerprint density at radius 3 is 1.04 bits per heavy atom. The Hall–Kier alpha value is -10.3. The van der Waals surface area contributed by atoms with Gasteiger partial charge in [-0.3, -0.25) is 14.4 Å². The standard InChI is InChI=1S/C26H29O3S.C24H23O3S.2C14H20F2O5S.C14H14.C11H16.C10H14O.2CH4/c1-4-26(2,3)25(27)29-20-19-28-21-15-17-24(18-16-21)30(22-11-7-5-8-12-22)23-13-9-6-10-14-23;1-19(2)24(25)27-18-17-26-20-13-15-23(16-14-20)28(21-9-5-3-6-10-21)22-11-7-4-8-12-22;2*1-8(14(15,16)22(18,19)20)21-12(17)13-5-9-2-10(6-13)4-11(3-9)7-13;1-9-10(2)13-8-4-6-11-5-3-7-12(9)14(11)13;1-4-10(3)11-7-5-9(2)6-8-11;1-3-8(2)9-4-6-10(11)7-5-9;;/h5-18H,4,19-20H2,1-3H3;3-16H,1,17-18H2,2H3;2*8-11H,2-7H2,1H3,(H,18,19,20);3-10H,1-2H3;5-8,10H,4H2,1-3H3;4-8,11H,3H2,1-2H3;2*1H4/q2*+1;;;;;;;/p-2. The van der Waals surface area contributed by atoms with Gasteiger partial charge in [0.25, 0.3) is 0 Å². The quantitative estimate of drug-likeness (QED) is 0.00869. The van der Waals surface area contributed by atoms with Crippen molar-refractivity contribution in [2.45, 2.75) is 277 Å². The van der Waals surface area contributed by atoms with Gasteiger partial charge >= 0.3 is 34.4 Å². The van der Waals surface area contributed by atoms with E-state index in [2.05, 4.69) is 237 Å². The fraction of sp³-hybridized carbons (Fsp3) is 0.443. The van der Waals surface area contributed by atoms with Gasteiger partial charge in [-0.25, -0.2) is 21.6 Å². The maximum atomic E-state index is 13.5. The van der Waals surface area contributed by atoms with Crippen molar-refractivity contribution in [3.63, 3.8) is 0 Å². The Kier molecular flexibility index (Phi) is 41.0. The molecule has 8 saturated carbocycles. The lowest BCUT2D eigenvalue weighted by molar-refractivity contribution is -0.186. The molecule has 8 bridgehead atoms. The molecule has 9 aliphatic rings. The number of hydrogen-bond acceptors (Lipinski definition) is 17. The molecule has 9 aliphatic carbocycles. The van der Waals surface area contributed by atoms with Gasteiger partial charge in [-0.2, -0.15) is 17.6 Å². The van der Waals surface area contributed by atoms with Crippen LogP contribution < -0.4 is 9.47 Å². The predicted octanol–water partition coefficient (Wildman–Crippen LogP) is 27.7. The SMILES string of the molecule is C.C.C=C(C)C(=O)OCCOc1ccc([S+](c2ccccc2)c2ccccc2)cc1.CC(OC(=O)C12CC3CC(CC(C3)C1)C2)C(F)(F)S(=O)(=O)[O-].CC(OC(=O)C12CC3CC(CC(C3)C1)C2)C(F)(F)S(=O)(=O)[O-].CC1c2cccc3cccc(c23)C1C.CCC(C)(C)C(=O)OCCOc1ccc([S+](c2ccccc2)c2ccccc2)cc1.CCC(C)c1ccc(C)cc1.CCC(C)c1ccc(O)cc1. The molecule has 6 atom stereocenters. The summed E-state index contributed by atoms with van der Waals surface area (Å²) in [7, 11) is -12.1. The van der Waals surface area contributed by atoms with Crippen LogP contribution in [0.3, 0.4) is 0 Å². The van der Waals surface area contributed by atoms with E-state index in [-0.39, 0.29) is 55.8 Å². The first-order valence-electron chi connectivity index (χ1n) is 48.1. The van der Waals surface area contributed by atoms with Crippen LogP contribution >= 0.6 is 0 Å². The maximum absolute atomic E-state index is 13.5. The van der Waals surface area contributed by atoms with Crippen molar-refractivity contribution in [3.8, 4) is 17.2 Å². The van der Waals surface area contributed by atoms with E-state index in [0.717, 1.165) is 76.7 Å². The Balaban J connectivity index is 0.000000187. The predicted molar refractivity (Wildman–Crippen MR) is 547 cm³/mol. The summed E-state index contributed by atoms with van der Waals surface area (Å²) in [6, 6.07) is 88.0. The van der Waals surface area contributed by atoms with E-state index in [0.29, 0.717) is 122 Å². The van der Waals surface area contributed by atoms with Crippen molar-refractivity contribution < 1.29 is 96.2 Å². The van der Waals surface area contributed by atoms with Crippen LogP contribution in [0.2, 0.25) is 0 Å². The molecular weight excluding hydrogens is 1860 g/mol. The topological polar surface area (TPSA) is 258 Å². The van der Waals surface area contributed by atoms with Gasteiger partial charge in [0.15, 0.2) is 61.8 Å². The molecule has 0 spiro atoms. The second-order valence-electron chi connectivity index (χ2n) is 38.8. The molecule has 19 rings (SSSR count). The number of halogens is 4. The van der Waals surface area contributed by atoms with Gasteiger partial charge in [0.05, 0.1) is 38.0 Å². The number of alkyl halides is 4. The molecule has 0 aliphatic heterocycles. The summed E-state index contributed by atoms with van der Waals surface area (Å²) in [6.07, 6.45) is 8.79. The van der Waals surface area contributed by atoms with Crippen LogP contribution in [0.4, 0.5) is 17.6 Å². The summed E-state index contributed by atoms with van der Waals surface area (Å²) < 4.78 is 149. The van der Waals surface area contributed by atoms with Crippen molar-refractivity contribution in [1.29, 1.82) is 0 Å². The highest BCUT2D eigenvalue weighted by atomic mass is 32.2. The van der Waals surface area contributed by atoms with Crippen molar-refractivity contribution in [2.24, 2.45) is 51.8 Å². The van der Waals surface area contributed by atoms with Gasteiger partial charge in [0.1, 0.15) is 43.7 Å². The van der Waals surface area contributed by atoms with Crippen molar-refractivity contribution in [1.82, 2.24) is 0 Å². The molecule has 140 heavy (non-hydrogen) atoms. The Labute approximate surface area is 834 Å². The number of rotatable bonds is 29. The van der Waals surface area contributed by atoms with E-state index in [1.807, 2.05) is 81.4 Å². The van der Waals surface area contributed by atoms with Crippen LogP contribution in [0.15, 0.2) is 296 Å². The molecule has 0 amide bonds. The van der Waals surface area contributed by atoms with Gasteiger partial charge in [-0.05, 0) is 339 Å². The molecule has 1 N–H and O–H groups in total. The molecule has 10 aromatic carbocycles. The molecule has 17 nitrogen and oxygen atoms in total. The fourth-order valence-corrected chi connectivity index (χ4v) is 25.2. The lowest BCUT2D eigenvalue weighted by atomic mass is 9.49. The Morgan fingerprint density at radius 2 is 0.743 bits per heavy atom. The van der Waals surface area contributed by atoms with Gasteiger partial charge < -0.3 is 42.6 Å². The third kappa shape index (κ3) is 29.3. The molecule has 0 aromatic heterocycles. The summed E-state index contributed by atoms with van der Waals surface area (Å²) >= 11 is 0. The Bertz CT molecular complexity index is 5530. The fourth-order valence-electron chi connectivity index (χ4n) is 20.1. The number of benzene rings is 10. The summed E-state index contributed by atoms with van der Waals surface area (Å²) in [5.41, 5.74) is 5.58. The molecule has 25 heteroatoms. The first-order valence-corrected chi connectivity index (χ1v) is 53.4. The van der Waals surface area contributed by atoms with Crippen molar-refractivity contribution >= 4 is 76.7 Å². The monoisotopic (exact) mass is 2000 g/mol. The average molecular weight is 2000 g/mol. The van der Waals surface area contributed by atoms with Crippen LogP contribution in [0.1, 0.15) is 246 Å². The number of carbonyl (C=O) groups excluding carboxylic acids is 4. The number of phenolic OH excluding ortho intramolecular Hbond substituents is 1. The minimum atomic E-state index is -5.86. The first-order chi connectivity index (χ1) is 65.5. The molecule has 10 aromatic rings. The first kappa shape index (κ1) is 113. The number of aromatic hydroxyl groups is 1. The summed E-state index contributed by atoms with van der Waals surface area (Å²) in [5.74, 6) is 4.99. The van der Waals surface area contributed by atoms with E-state index in [1.165, 1.54) is 74.4 Å². The van der Waals surface area contributed by atoms with Gasteiger partial charge in [-0.15, -0.1) is 0 Å². The smallest absolute Gasteiger partial charge is 0.369 e. The van der Waals surface area contributed by atoms with Crippen molar-refractivity contribution in [2.75, 3.05) is 26.4 Å². The highest BCUT2D eigenvalue weighted by Crippen LogP contribution is 2.62. The lowest BCUT2D eigenvalue weighted by Crippen LogP contribution is -2.52. The maximum Gasteiger partial charge on any atom is 0.369 e. The average Bonchev–Trinajstić information content (AvgIpc) is 1.02. The third-order valence-electron chi connectivity index (χ3n) is 28.1. The van der Waals surface area contributed by atoms with Crippen LogP contribution in [-0.2, 0) is 80.2 Å². The van der Waals surface area contributed by atoms with E-state index in [4.69, 9.17) is 33.5 Å². The summed E-state index contributed by atoms with van der Waals surface area (Å²) in [6.45, 7) is 29.2. The van der Waals surface area contributed by atoms with E-state index < -0.39 is 77.1 Å². The van der Waals surface area contributed by atoms with E-state index in [9.17, 15) is 62.7 Å². The number of aryl methyl sites for hydroxylation is 1. The number of carbonyl (C=O) groups is 4. The molecule has 6 unspecified atom stereocenters. The number of phenols is 1. The highest BCUT2D eigenvalue weighted by Gasteiger charge is 2.59. The summed E-state index contributed by atoms with van der Waals surface area (Å²) in [5, 5.41) is 2.71. The molecular formula is C115H142F4O17S4. The van der Waals surface area contributed by atoms with E-state index in [1.54, 1.807) is 19.1 Å². The minimum Gasteiger partial charge on any atom is -0.743 e. The largest absolute Gasteiger partial charge is 0.743 e. The molecule has 8 fully saturated rings. The molecule has 756 valence electrons. The van der Waals surface area contributed by atoms with Crippen LogP contribution in [0.5, 0.6) is 17.2 Å². The van der Waals surface area contributed by atoms with Crippen LogP contribution in [0, 0.1) is 58.7 Å². The lowest BCUT2D eigenvalue weighted by Gasteiger charge is -2.55. The number of esters is 4. The highest BCUT2D eigenvalue weighted by molar-refractivity contribution is 7.97. The zero-order chi connectivity index (χ0) is 100. The van der Waals surface area contributed by atoms with Gasteiger partial charge in [0.2, 0.25) is 0 Å². The minimum absolute atomic E-state index is 0. The van der Waals surface area contributed by atoms with Gasteiger partial charge in [0, 0.05) is 5.57 Å². The van der Waals surface area contributed by atoms with Gasteiger partial charge in [-0.1, -0.05) is 221 Å². The number of ether oxygens (including phenoxy) is 6.